The van der Waals surface area contributed by atoms with E-state index in [1.165, 1.54) is 32.1 Å². The molecule has 0 aliphatic rings. The minimum Gasteiger partial charge on any atom is -0.394 e. The molecule has 0 heterocycles. The van der Waals surface area contributed by atoms with Crippen LogP contribution in [0.5, 0.6) is 0 Å². The van der Waals surface area contributed by atoms with Gasteiger partial charge < -0.3 is 20.6 Å². The molecule has 0 aromatic rings. The zero-order chi connectivity index (χ0) is 23.9. The van der Waals surface area contributed by atoms with E-state index in [1.807, 2.05) is 6.08 Å². The smallest absolute Gasteiger partial charge is 0.222 e. The predicted molar refractivity (Wildman–Crippen MR) is 134 cm³/mol. The van der Waals surface area contributed by atoms with E-state index >= 15 is 0 Å². The molecule has 0 saturated carbocycles. The number of carbonyl (C=O) groups excluding carboxylic acids is 1. The van der Waals surface area contributed by atoms with Crippen LogP contribution in [0.3, 0.4) is 0 Å². The first-order valence-electron chi connectivity index (χ1n) is 12.8. The van der Waals surface area contributed by atoms with E-state index in [4.69, 9.17) is 0 Å². The first-order valence-corrected chi connectivity index (χ1v) is 12.8. The van der Waals surface area contributed by atoms with Gasteiger partial charge in [0.1, 0.15) is 0 Å². The summed E-state index contributed by atoms with van der Waals surface area (Å²) in [6.07, 6.45) is 24.2. The third-order valence-corrected chi connectivity index (χ3v) is 5.42. The Morgan fingerprint density at radius 2 is 1.38 bits per heavy atom. The molecule has 4 N–H and O–H groups in total. The highest BCUT2D eigenvalue weighted by Crippen LogP contribution is 2.11. The summed E-state index contributed by atoms with van der Waals surface area (Å²) >= 11 is 0. The molecule has 3 unspecified atom stereocenters. The van der Waals surface area contributed by atoms with Crippen LogP contribution in [-0.2, 0) is 4.79 Å². The molecule has 0 aromatic carbocycles. The molecule has 0 bridgehead atoms. The van der Waals surface area contributed by atoms with Gasteiger partial charge in [-0.1, -0.05) is 95.2 Å². The summed E-state index contributed by atoms with van der Waals surface area (Å²) in [4.78, 5) is 12.1. The summed E-state index contributed by atoms with van der Waals surface area (Å²) in [5, 5.41) is 32.5. The highest BCUT2D eigenvalue weighted by Gasteiger charge is 2.19. The van der Waals surface area contributed by atoms with Gasteiger partial charge in [0.05, 0.1) is 31.3 Å². The first kappa shape index (κ1) is 30.6. The van der Waals surface area contributed by atoms with Crippen LogP contribution < -0.4 is 5.32 Å². The predicted octanol–water partition coefficient (Wildman–Crippen LogP) is 5.36. The minimum absolute atomic E-state index is 0.00100. The summed E-state index contributed by atoms with van der Waals surface area (Å²) in [6, 6.07) is -0.759. The largest absolute Gasteiger partial charge is 0.394 e. The van der Waals surface area contributed by atoms with Crippen LogP contribution in [0.1, 0.15) is 104 Å². The standard InChI is InChI=1S/C27H49NO4/c1-3-5-7-9-11-12-13-15-17-19-21-26(31)25(23-29)28-27(32)22-24(30)20-18-16-14-10-8-6-4-2/h5,7,12-13,19,21,24-26,29-31H,3-4,6,8-11,14-18,20,22-23H2,1-2H3,(H,28,32)/b7-5+,13-12+,21-19+. The van der Waals surface area contributed by atoms with Crippen molar-refractivity contribution in [3.05, 3.63) is 36.5 Å². The Labute approximate surface area is 196 Å². The van der Waals surface area contributed by atoms with Gasteiger partial charge in [-0.3, -0.25) is 4.79 Å². The lowest BCUT2D eigenvalue weighted by Gasteiger charge is -2.20. The molecule has 0 aromatic heterocycles. The van der Waals surface area contributed by atoms with Crippen molar-refractivity contribution in [1.82, 2.24) is 5.32 Å². The van der Waals surface area contributed by atoms with E-state index in [0.29, 0.717) is 6.42 Å². The van der Waals surface area contributed by atoms with Crippen LogP contribution in [0, 0.1) is 0 Å². The van der Waals surface area contributed by atoms with Crippen molar-refractivity contribution in [2.24, 2.45) is 0 Å². The summed E-state index contributed by atoms with van der Waals surface area (Å²) in [5.41, 5.74) is 0. The van der Waals surface area contributed by atoms with Crippen LogP contribution >= 0.6 is 0 Å². The lowest BCUT2D eigenvalue weighted by molar-refractivity contribution is -0.124. The molecule has 0 aliphatic heterocycles. The molecule has 0 fully saturated rings. The highest BCUT2D eigenvalue weighted by atomic mass is 16.3. The molecule has 0 spiro atoms. The van der Waals surface area contributed by atoms with Gasteiger partial charge in [0.25, 0.3) is 0 Å². The summed E-state index contributed by atoms with van der Waals surface area (Å²) in [7, 11) is 0. The van der Waals surface area contributed by atoms with Crippen molar-refractivity contribution >= 4 is 5.91 Å². The fourth-order valence-corrected chi connectivity index (χ4v) is 3.43. The van der Waals surface area contributed by atoms with Gasteiger partial charge >= 0.3 is 0 Å². The van der Waals surface area contributed by atoms with Crippen LogP contribution in [0.4, 0.5) is 0 Å². The Hall–Kier alpha value is -1.43. The molecule has 3 atom stereocenters. The molecular weight excluding hydrogens is 402 g/mol. The number of allylic oxidation sites excluding steroid dienone is 5. The molecular formula is C27H49NO4. The number of amides is 1. The van der Waals surface area contributed by atoms with E-state index in [2.05, 4.69) is 43.5 Å². The maximum Gasteiger partial charge on any atom is 0.222 e. The molecule has 0 saturated heterocycles. The van der Waals surface area contributed by atoms with E-state index in [9.17, 15) is 20.1 Å². The van der Waals surface area contributed by atoms with Gasteiger partial charge in [-0.15, -0.1) is 0 Å². The number of unbranched alkanes of at least 4 members (excludes halogenated alkanes) is 8. The normalized spacial score (nSPS) is 15.0. The summed E-state index contributed by atoms with van der Waals surface area (Å²) < 4.78 is 0. The van der Waals surface area contributed by atoms with Crippen LogP contribution in [-0.4, -0.2) is 46.1 Å². The topological polar surface area (TPSA) is 89.8 Å². The second kappa shape index (κ2) is 22.8. The first-order chi connectivity index (χ1) is 15.5. The fraction of sp³-hybridized carbons (Fsp3) is 0.741. The van der Waals surface area contributed by atoms with E-state index in [1.54, 1.807) is 6.08 Å². The zero-order valence-corrected chi connectivity index (χ0v) is 20.6. The Kier molecular flexibility index (Phi) is 21.7. The fourth-order valence-electron chi connectivity index (χ4n) is 3.43. The lowest BCUT2D eigenvalue weighted by atomic mass is 10.0. The molecule has 186 valence electrons. The monoisotopic (exact) mass is 451 g/mol. The molecule has 0 radical (unpaired) electrons. The third-order valence-electron chi connectivity index (χ3n) is 5.42. The van der Waals surface area contributed by atoms with E-state index < -0.39 is 18.2 Å². The number of rotatable bonds is 21. The zero-order valence-electron chi connectivity index (χ0n) is 20.6. The quantitative estimate of drug-likeness (QED) is 0.140. The Bertz CT molecular complexity index is 516. The third kappa shape index (κ3) is 19.3. The molecule has 0 aliphatic carbocycles. The second-order valence-electron chi connectivity index (χ2n) is 8.55. The number of hydrogen-bond acceptors (Lipinski definition) is 4. The van der Waals surface area contributed by atoms with E-state index in [-0.39, 0.29) is 18.9 Å². The number of aliphatic hydroxyl groups is 3. The minimum atomic E-state index is -0.952. The maximum absolute atomic E-state index is 12.1. The molecule has 5 heteroatoms. The van der Waals surface area contributed by atoms with Crippen molar-refractivity contribution in [3.63, 3.8) is 0 Å². The van der Waals surface area contributed by atoms with Crippen LogP contribution in [0.25, 0.3) is 0 Å². The Morgan fingerprint density at radius 1 is 0.812 bits per heavy atom. The molecule has 5 nitrogen and oxygen atoms in total. The van der Waals surface area contributed by atoms with Gasteiger partial charge in [-0.05, 0) is 38.5 Å². The molecule has 0 rings (SSSR count). The highest BCUT2D eigenvalue weighted by molar-refractivity contribution is 5.76. The van der Waals surface area contributed by atoms with Gasteiger partial charge in [0.2, 0.25) is 5.91 Å². The average Bonchev–Trinajstić information content (AvgIpc) is 2.77. The number of carbonyl (C=O) groups is 1. The number of aliphatic hydroxyl groups excluding tert-OH is 3. The number of hydrogen-bond donors (Lipinski definition) is 4. The van der Waals surface area contributed by atoms with Crippen molar-refractivity contribution < 1.29 is 20.1 Å². The summed E-state index contributed by atoms with van der Waals surface area (Å²) in [6.45, 7) is 3.98. The van der Waals surface area contributed by atoms with Crippen molar-refractivity contribution in [1.29, 1.82) is 0 Å². The van der Waals surface area contributed by atoms with Crippen molar-refractivity contribution in [2.75, 3.05) is 6.61 Å². The second-order valence-corrected chi connectivity index (χ2v) is 8.55. The molecule has 1 amide bonds. The van der Waals surface area contributed by atoms with E-state index in [0.717, 1.165) is 44.9 Å². The lowest BCUT2D eigenvalue weighted by Crippen LogP contribution is -2.45. The van der Waals surface area contributed by atoms with Gasteiger partial charge in [-0.25, -0.2) is 0 Å². The Balaban J connectivity index is 4.01. The Morgan fingerprint density at radius 3 is 1.97 bits per heavy atom. The average molecular weight is 452 g/mol. The van der Waals surface area contributed by atoms with Crippen LogP contribution in [0.15, 0.2) is 36.5 Å². The maximum atomic E-state index is 12.1. The van der Waals surface area contributed by atoms with Gasteiger partial charge in [0.15, 0.2) is 0 Å². The van der Waals surface area contributed by atoms with Gasteiger partial charge in [0, 0.05) is 0 Å². The van der Waals surface area contributed by atoms with Crippen molar-refractivity contribution in [3.8, 4) is 0 Å². The molecule has 32 heavy (non-hydrogen) atoms. The van der Waals surface area contributed by atoms with Gasteiger partial charge in [-0.2, -0.15) is 0 Å². The van der Waals surface area contributed by atoms with Crippen molar-refractivity contribution in [2.45, 2.75) is 122 Å². The SMILES string of the molecule is CC/C=C/CC/C=C/CC/C=C/C(O)C(CO)NC(=O)CC(O)CCCCCCCCC. The summed E-state index contributed by atoms with van der Waals surface area (Å²) in [5.74, 6) is -0.341. The van der Waals surface area contributed by atoms with Crippen LogP contribution in [0.2, 0.25) is 0 Å². The number of nitrogens with one attached hydrogen (secondary N) is 1.